The lowest BCUT2D eigenvalue weighted by Gasteiger charge is -2.13. The fourth-order valence-corrected chi connectivity index (χ4v) is 2.01. The largest absolute Gasteiger partial charge is 0.380 e. The molecule has 2 atom stereocenters. The van der Waals surface area contributed by atoms with E-state index >= 15 is 0 Å². The van der Waals surface area contributed by atoms with Crippen LogP contribution in [0.25, 0.3) is 0 Å². The van der Waals surface area contributed by atoms with Crippen LogP contribution in [0.1, 0.15) is 12.6 Å². The topological polar surface area (TPSA) is 65.8 Å². The van der Waals surface area contributed by atoms with Crippen molar-refractivity contribution in [3.05, 3.63) is 24.0 Å². The van der Waals surface area contributed by atoms with Gasteiger partial charge in [-0.05, 0) is 19.1 Å². The molecule has 0 fully saturated rings. The van der Waals surface area contributed by atoms with Crippen LogP contribution in [-0.2, 0) is 10.8 Å². The highest BCUT2D eigenvalue weighted by molar-refractivity contribution is 7.84. The van der Waals surface area contributed by atoms with E-state index in [4.69, 9.17) is 5.26 Å². The van der Waals surface area contributed by atoms with E-state index in [1.807, 2.05) is 13.0 Å². The molecule has 2 unspecified atom stereocenters. The Hall–Kier alpha value is -1.41. The lowest BCUT2D eigenvalue weighted by Crippen LogP contribution is -2.22. The van der Waals surface area contributed by atoms with Crippen molar-refractivity contribution in [2.45, 2.75) is 13.0 Å². The summed E-state index contributed by atoms with van der Waals surface area (Å²) in [5.74, 6) is 0.597. The molecule has 1 aromatic heterocycles. The van der Waals surface area contributed by atoms with Gasteiger partial charge in [-0.2, -0.15) is 5.26 Å². The summed E-state index contributed by atoms with van der Waals surface area (Å²) in [5, 5.41) is 11.7. The number of nitrogens with one attached hydrogen (secondary N) is 1. The predicted octanol–water partition coefficient (Wildman–Crippen LogP) is 1.13. The van der Waals surface area contributed by atoms with Crippen molar-refractivity contribution in [3.8, 4) is 6.07 Å². The number of pyridine rings is 1. The van der Waals surface area contributed by atoms with Gasteiger partial charge in [0.15, 0.2) is 0 Å². The van der Waals surface area contributed by atoms with E-state index in [1.54, 1.807) is 24.6 Å². The van der Waals surface area contributed by atoms with Crippen LogP contribution in [0, 0.1) is 11.3 Å². The van der Waals surface area contributed by atoms with Crippen LogP contribution in [0.15, 0.2) is 18.3 Å². The molecule has 1 rings (SSSR count). The highest BCUT2D eigenvalue weighted by Crippen LogP contribution is 2.07. The maximum Gasteiger partial charge on any atom is 0.140 e. The summed E-state index contributed by atoms with van der Waals surface area (Å²) in [6.07, 6.45) is 3.28. The second kappa shape index (κ2) is 5.47. The average molecular weight is 223 g/mol. The number of hydrogen-bond donors (Lipinski definition) is 1. The highest BCUT2D eigenvalue weighted by Gasteiger charge is 2.04. The smallest absolute Gasteiger partial charge is 0.140 e. The van der Waals surface area contributed by atoms with Crippen LogP contribution >= 0.6 is 0 Å². The first-order chi connectivity index (χ1) is 7.11. The van der Waals surface area contributed by atoms with Gasteiger partial charge >= 0.3 is 0 Å². The molecule has 0 saturated carbocycles. The van der Waals surface area contributed by atoms with Gasteiger partial charge in [0.1, 0.15) is 11.8 Å². The zero-order valence-electron chi connectivity index (χ0n) is 8.73. The SMILES string of the molecule is CC(CS(C)=O)Nc1ccc(C#N)nc1. The van der Waals surface area contributed by atoms with Crippen LogP contribution in [0.4, 0.5) is 5.69 Å². The van der Waals surface area contributed by atoms with Crippen molar-refractivity contribution in [3.63, 3.8) is 0 Å². The summed E-state index contributed by atoms with van der Waals surface area (Å²) in [5.41, 5.74) is 1.24. The van der Waals surface area contributed by atoms with Gasteiger partial charge in [-0.3, -0.25) is 4.21 Å². The fourth-order valence-electron chi connectivity index (χ4n) is 1.22. The van der Waals surface area contributed by atoms with Crippen molar-refractivity contribution in [2.24, 2.45) is 0 Å². The molecule has 0 aliphatic carbocycles. The molecule has 1 aromatic rings. The Balaban J connectivity index is 2.58. The third-order valence-electron chi connectivity index (χ3n) is 1.78. The van der Waals surface area contributed by atoms with Crippen LogP contribution in [0.3, 0.4) is 0 Å². The van der Waals surface area contributed by atoms with Crippen molar-refractivity contribution in [2.75, 3.05) is 17.3 Å². The minimum Gasteiger partial charge on any atom is -0.380 e. The zero-order chi connectivity index (χ0) is 11.3. The first kappa shape index (κ1) is 11.7. The Kier molecular flexibility index (Phi) is 4.25. The number of rotatable bonds is 4. The number of aromatic nitrogens is 1. The second-order valence-electron chi connectivity index (χ2n) is 3.33. The molecule has 0 saturated heterocycles. The molecule has 5 heteroatoms. The molecule has 0 radical (unpaired) electrons. The Morgan fingerprint density at radius 3 is 2.87 bits per heavy atom. The van der Waals surface area contributed by atoms with Gasteiger partial charge in [0.25, 0.3) is 0 Å². The van der Waals surface area contributed by atoms with Gasteiger partial charge in [0.05, 0.1) is 11.9 Å². The summed E-state index contributed by atoms with van der Waals surface area (Å²) in [4.78, 5) is 3.93. The van der Waals surface area contributed by atoms with E-state index in [0.717, 1.165) is 5.69 Å². The van der Waals surface area contributed by atoms with E-state index in [0.29, 0.717) is 11.4 Å². The fraction of sp³-hybridized carbons (Fsp3) is 0.400. The molecule has 4 nitrogen and oxygen atoms in total. The number of anilines is 1. The van der Waals surface area contributed by atoms with Gasteiger partial charge in [-0.1, -0.05) is 0 Å². The second-order valence-corrected chi connectivity index (χ2v) is 4.81. The Morgan fingerprint density at radius 2 is 2.40 bits per heavy atom. The van der Waals surface area contributed by atoms with Gasteiger partial charge in [-0.15, -0.1) is 0 Å². The monoisotopic (exact) mass is 223 g/mol. The molecule has 15 heavy (non-hydrogen) atoms. The molecule has 80 valence electrons. The molecule has 1 heterocycles. The molecule has 0 bridgehead atoms. The predicted molar refractivity (Wildman–Crippen MR) is 61.0 cm³/mol. The van der Waals surface area contributed by atoms with Gasteiger partial charge in [-0.25, -0.2) is 4.98 Å². The van der Waals surface area contributed by atoms with Crippen LogP contribution in [0.2, 0.25) is 0 Å². The van der Waals surface area contributed by atoms with Crippen molar-refractivity contribution in [1.29, 1.82) is 5.26 Å². The summed E-state index contributed by atoms with van der Waals surface area (Å²) in [6.45, 7) is 1.96. The van der Waals surface area contributed by atoms with Crippen molar-refractivity contribution < 1.29 is 4.21 Å². The zero-order valence-corrected chi connectivity index (χ0v) is 9.54. The normalized spacial score (nSPS) is 13.9. The molecule has 0 spiro atoms. The quantitative estimate of drug-likeness (QED) is 0.831. The van der Waals surface area contributed by atoms with Gasteiger partial charge < -0.3 is 5.32 Å². The van der Waals surface area contributed by atoms with Crippen LogP contribution in [0.5, 0.6) is 0 Å². The number of nitriles is 1. The maximum atomic E-state index is 11.0. The molecular formula is C10H13N3OS. The standard InChI is InChI=1S/C10H13N3OS/c1-8(7-15(2)14)13-10-4-3-9(5-11)12-6-10/h3-4,6,8,13H,7H2,1-2H3. The van der Waals surface area contributed by atoms with E-state index in [1.165, 1.54) is 0 Å². The third kappa shape index (κ3) is 4.09. The molecule has 0 amide bonds. The Morgan fingerprint density at radius 1 is 1.67 bits per heavy atom. The Labute approximate surface area is 91.8 Å². The van der Waals surface area contributed by atoms with Crippen LogP contribution in [-0.4, -0.2) is 27.2 Å². The lowest BCUT2D eigenvalue weighted by atomic mass is 10.3. The lowest BCUT2D eigenvalue weighted by molar-refractivity contribution is 0.683. The summed E-state index contributed by atoms with van der Waals surface area (Å²) in [6, 6.07) is 5.53. The molecule has 0 aromatic carbocycles. The molecule has 0 aliphatic heterocycles. The average Bonchev–Trinajstić information content (AvgIpc) is 2.17. The highest BCUT2D eigenvalue weighted by atomic mass is 32.2. The van der Waals surface area contributed by atoms with Crippen LogP contribution < -0.4 is 5.32 Å². The van der Waals surface area contributed by atoms with E-state index < -0.39 is 10.8 Å². The minimum absolute atomic E-state index is 0.130. The van der Waals surface area contributed by atoms with E-state index in [2.05, 4.69) is 10.3 Å². The first-order valence-corrected chi connectivity index (χ1v) is 6.27. The number of hydrogen-bond acceptors (Lipinski definition) is 4. The van der Waals surface area contributed by atoms with Gasteiger partial charge in [0.2, 0.25) is 0 Å². The summed E-state index contributed by atoms with van der Waals surface area (Å²) in [7, 11) is -0.811. The molecule has 0 aliphatic rings. The number of nitrogens with zero attached hydrogens (tertiary/aromatic N) is 2. The van der Waals surface area contributed by atoms with E-state index in [9.17, 15) is 4.21 Å². The third-order valence-corrected chi connectivity index (χ3v) is 2.75. The molecule has 1 N–H and O–H groups in total. The van der Waals surface area contributed by atoms with E-state index in [-0.39, 0.29) is 6.04 Å². The maximum absolute atomic E-state index is 11.0. The summed E-state index contributed by atoms with van der Waals surface area (Å²) < 4.78 is 11.0. The summed E-state index contributed by atoms with van der Waals surface area (Å²) >= 11 is 0. The minimum atomic E-state index is -0.811. The first-order valence-electron chi connectivity index (χ1n) is 4.54. The van der Waals surface area contributed by atoms with Crippen molar-refractivity contribution in [1.82, 2.24) is 4.98 Å². The van der Waals surface area contributed by atoms with Crippen molar-refractivity contribution >= 4 is 16.5 Å². The Bertz CT molecular complexity index is 383. The molecular weight excluding hydrogens is 210 g/mol. The van der Waals surface area contributed by atoms with Gasteiger partial charge in [0, 0.05) is 28.9 Å².